The van der Waals surface area contributed by atoms with Crippen molar-refractivity contribution in [3.8, 4) is 5.75 Å². The predicted molar refractivity (Wildman–Crippen MR) is 105 cm³/mol. The number of amides is 2. The number of benzene rings is 1. The summed E-state index contributed by atoms with van der Waals surface area (Å²) in [7, 11) is 0. The van der Waals surface area contributed by atoms with Crippen LogP contribution in [0.2, 0.25) is 0 Å². The summed E-state index contributed by atoms with van der Waals surface area (Å²) in [5.74, 6) is 0.851. The van der Waals surface area contributed by atoms with E-state index < -0.39 is 6.04 Å². The third-order valence-corrected chi connectivity index (χ3v) is 4.69. The summed E-state index contributed by atoms with van der Waals surface area (Å²) < 4.78 is 5.48. The third kappa shape index (κ3) is 7.06. The Bertz CT molecular complexity index is 541. The Balaban J connectivity index is 2.67. The normalized spacial score (nSPS) is 12.1. The van der Waals surface area contributed by atoms with E-state index >= 15 is 0 Å². The van der Waals surface area contributed by atoms with Crippen LogP contribution in [0.3, 0.4) is 0 Å². The fourth-order valence-corrected chi connectivity index (χ4v) is 2.82. The van der Waals surface area contributed by atoms with Crippen LogP contribution in [-0.4, -0.2) is 42.5 Å². The van der Waals surface area contributed by atoms with Crippen LogP contribution in [0.15, 0.2) is 30.3 Å². The Hall–Kier alpha value is -2.04. The zero-order chi connectivity index (χ0) is 19.5. The SMILES string of the molecule is CCC(CC)CN(CC)C(=O)C(NC(=O)COc1ccccc1)C(C)C. The van der Waals surface area contributed by atoms with Gasteiger partial charge in [-0.05, 0) is 30.9 Å². The summed E-state index contributed by atoms with van der Waals surface area (Å²) >= 11 is 0. The molecule has 26 heavy (non-hydrogen) atoms. The first-order valence-electron chi connectivity index (χ1n) is 9.68. The zero-order valence-corrected chi connectivity index (χ0v) is 16.8. The van der Waals surface area contributed by atoms with Gasteiger partial charge in [-0.25, -0.2) is 0 Å². The number of nitrogens with zero attached hydrogens (tertiary/aromatic N) is 1. The molecule has 0 heterocycles. The van der Waals surface area contributed by atoms with Crippen LogP contribution in [-0.2, 0) is 9.59 Å². The van der Waals surface area contributed by atoms with Gasteiger partial charge in [-0.1, -0.05) is 58.7 Å². The molecule has 2 amide bonds. The lowest BCUT2D eigenvalue weighted by Gasteiger charge is -2.31. The van der Waals surface area contributed by atoms with Crippen LogP contribution in [0, 0.1) is 11.8 Å². The van der Waals surface area contributed by atoms with Crippen molar-refractivity contribution >= 4 is 11.8 Å². The van der Waals surface area contributed by atoms with Gasteiger partial charge in [0.05, 0.1) is 0 Å². The Morgan fingerprint density at radius 2 is 1.69 bits per heavy atom. The number of likely N-dealkylation sites (N-methyl/N-ethyl adjacent to an activating group) is 1. The topological polar surface area (TPSA) is 58.6 Å². The van der Waals surface area contributed by atoms with E-state index in [2.05, 4.69) is 19.2 Å². The van der Waals surface area contributed by atoms with E-state index in [1.165, 1.54) is 0 Å². The molecular formula is C21H34N2O3. The molecule has 5 nitrogen and oxygen atoms in total. The minimum atomic E-state index is -0.531. The fraction of sp³-hybridized carbons (Fsp3) is 0.619. The van der Waals surface area contributed by atoms with Crippen molar-refractivity contribution in [2.75, 3.05) is 19.7 Å². The van der Waals surface area contributed by atoms with E-state index in [1.54, 1.807) is 12.1 Å². The quantitative estimate of drug-likeness (QED) is 0.655. The van der Waals surface area contributed by atoms with Gasteiger partial charge in [0, 0.05) is 13.1 Å². The molecule has 1 unspecified atom stereocenters. The largest absolute Gasteiger partial charge is 0.484 e. The molecule has 0 bridgehead atoms. The summed E-state index contributed by atoms with van der Waals surface area (Å²) in [5, 5.41) is 2.86. The number of carbonyl (C=O) groups is 2. The van der Waals surface area contributed by atoms with Crippen LogP contribution in [0.1, 0.15) is 47.5 Å². The standard InChI is InChI=1S/C21H34N2O3/c1-6-17(7-2)14-23(8-3)21(25)20(16(4)5)22-19(24)15-26-18-12-10-9-11-13-18/h9-13,16-17,20H,6-8,14-15H2,1-5H3,(H,22,24). The lowest BCUT2D eigenvalue weighted by atomic mass is 9.99. The maximum atomic E-state index is 13.0. The number of nitrogens with one attached hydrogen (secondary N) is 1. The van der Waals surface area contributed by atoms with Crippen molar-refractivity contribution in [1.29, 1.82) is 0 Å². The highest BCUT2D eigenvalue weighted by molar-refractivity contribution is 5.88. The van der Waals surface area contributed by atoms with Crippen LogP contribution in [0.25, 0.3) is 0 Å². The molecule has 0 saturated carbocycles. The number of rotatable bonds is 11. The van der Waals surface area contributed by atoms with Gasteiger partial charge in [-0.3, -0.25) is 9.59 Å². The van der Waals surface area contributed by atoms with E-state index in [-0.39, 0.29) is 24.3 Å². The van der Waals surface area contributed by atoms with Crippen molar-refractivity contribution < 1.29 is 14.3 Å². The molecule has 0 aromatic heterocycles. The highest BCUT2D eigenvalue weighted by Gasteiger charge is 2.28. The molecule has 0 aliphatic rings. The fourth-order valence-electron chi connectivity index (χ4n) is 2.82. The summed E-state index contributed by atoms with van der Waals surface area (Å²) in [6, 6.07) is 8.66. The highest BCUT2D eigenvalue weighted by Crippen LogP contribution is 2.13. The molecule has 0 aliphatic heterocycles. The second-order valence-electron chi connectivity index (χ2n) is 6.95. The Morgan fingerprint density at radius 1 is 1.08 bits per heavy atom. The van der Waals surface area contributed by atoms with Crippen LogP contribution in [0.5, 0.6) is 5.75 Å². The van der Waals surface area contributed by atoms with Crippen molar-refractivity contribution in [3.05, 3.63) is 30.3 Å². The predicted octanol–water partition coefficient (Wildman–Crippen LogP) is 3.49. The molecule has 1 aromatic carbocycles. The van der Waals surface area contributed by atoms with Gasteiger partial charge >= 0.3 is 0 Å². The van der Waals surface area contributed by atoms with Gasteiger partial charge in [0.2, 0.25) is 5.91 Å². The number of carbonyl (C=O) groups excluding carboxylic acids is 2. The number of para-hydroxylation sites is 1. The molecule has 1 atom stereocenters. The second kappa shape index (κ2) is 11.6. The maximum absolute atomic E-state index is 13.0. The Kier molecular flexibility index (Phi) is 9.78. The van der Waals surface area contributed by atoms with E-state index in [1.807, 2.05) is 43.9 Å². The van der Waals surface area contributed by atoms with Gasteiger partial charge < -0.3 is 15.0 Å². The molecule has 0 radical (unpaired) electrons. The first kappa shape index (κ1) is 22.0. The van der Waals surface area contributed by atoms with Gasteiger partial charge in [-0.15, -0.1) is 0 Å². The van der Waals surface area contributed by atoms with Crippen LogP contribution in [0.4, 0.5) is 0 Å². The molecule has 0 saturated heterocycles. The summed E-state index contributed by atoms with van der Waals surface area (Å²) in [4.78, 5) is 27.1. The molecule has 1 N–H and O–H groups in total. The van der Waals surface area contributed by atoms with Crippen molar-refractivity contribution in [2.24, 2.45) is 11.8 Å². The van der Waals surface area contributed by atoms with E-state index in [9.17, 15) is 9.59 Å². The molecule has 0 fully saturated rings. The summed E-state index contributed by atoms with van der Waals surface area (Å²) in [6.07, 6.45) is 2.09. The molecular weight excluding hydrogens is 328 g/mol. The van der Waals surface area contributed by atoms with E-state index in [0.717, 1.165) is 19.4 Å². The lowest BCUT2D eigenvalue weighted by molar-refractivity contribution is -0.138. The molecule has 1 rings (SSSR count). The third-order valence-electron chi connectivity index (χ3n) is 4.69. The minimum absolute atomic E-state index is 0.0116. The van der Waals surface area contributed by atoms with Crippen molar-refractivity contribution in [1.82, 2.24) is 10.2 Å². The number of hydrogen-bond acceptors (Lipinski definition) is 3. The zero-order valence-electron chi connectivity index (χ0n) is 16.8. The average Bonchev–Trinajstić information content (AvgIpc) is 2.65. The van der Waals surface area contributed by atoms with E-state index in [0.29, 0.717) is 18.2 Å². The average molecular weight is 363 g/mol. The number of ether oxygens (including phenoxy) is 1. The summed E-state index contributed by atoms with van der Waals surface area (Å²) in [6.45, 7) is 11.5. The van der Waals surface area contributed by atoms with Crippen molar-refractivity contribution in [2.45, 2.75) is 53.5 Å². The second-order valence-corrected chi connectivity index (χ2v) is 6.95. The van der Waals surface area contributed by atoms with Gasteiger partial charge in [0.15, 0.2) is 6.61 Å². The highest BCUT2D eigenvalue weighted by atomic mass is 16.5. The van der Waals surface area contributed by atoms with Crippen molar-refractivity contribution in [3.63, 3.8) is 0 Å². The van der Waals surface area contributed by atoms with Gasteiger partial charge in [0.25, 0.3) is 5.91 Å². The smallest absolute Gasteiger partial charge is 0.258 e. The summed E-state index contributed by atoms with van der Waals surface area (Å²) in [5.41, 5.74) is 0. The lowest BCUT2D eigenvalue weighted by Crippen LogP contribution is -2.53. The first-order chi connectivity index (χ1) is 12.4. The molecule has 5 heteroatoms. The Morgan fingerprint density at radius 3 is 2.19 bits per heavy atom. The Labute approximate surface area is 158 Å². The molecule has 146 valence electrons. The van der Waals surface area contributed by atoms with E-state index in [4.69, 9.17) is 4.74 Å². The minimum Gasteiger partial charge on any atom is -0.484 e. The van der Waals surface area contributed by atoms with Crippen LogP contribution >= 0.6 is 0 Å². The molecule has 1 aromatic rings. The van der Waals surface area contributed by atoms with Crippen LogP contribution < -0.4 is 10.1 Å². The first-order valence-corrected chi connectivity index (χ1v) is 9.68. The number of hydrogen-bond donors (Lipinski definition) is 1. The van der Waals surface area contributed by atoms with Gasteiger partial charge in [-0.2, -0.15) is 0 Å². The van der Waals surface area contributed by atoms with Gasteiger partial charge in [0.1, 0.15) is 11.8 Å². The molecule has 0 aliphatic carbocycles. The monoisotopic (exact) mass is 362 g/mol. The maximum Gasteiger partial charge on any atom is 0.258 e. The molecule has 0 spiro atoms.